The first-order valence-corrected chi connectivity index (χ1v) is 7.48. The molecule has 0 unspecified atom stereocenters. The van der Waals surface area contributed by atoms with Crippen molar-refractivity contribution >= 4 is 17.6 Å². The van der Waals surface area contributed by atoms with Gasteiger partial charge in [-0.1, -0.05) is 24.3 Å². The first-order valence-electron chi connectivity index (χ1n) is 7.48. The van der Waals surface area contributed by atoms with Crippen LogP contribution in [0.4, 0.5) is 14.5 Å². The summed E-state index contributed by atoms with van der Waals surface area (Å²) in [5.74, 6) is -2.81. The van der Waals surface area contributed by atoms with E-state index < -0.39 is 35.3 Å². The molecule has 1 amide bonds. The summed E-state index contributed by atoms with van der Waals surface area (Å²) < 4.78 is 37.2. The summed E-state index contributed by atoms with van der Waals surface area (Å²) >= 11 is 0. The highest BCUT2D eigenvalue weighted by atomic mass is 19.1. The molecule has 0 saturated heterocycles. The van der Waals surface area contributed by atoms with Gasteiger partial charge in [-0.3, -0.25) is 9.59 Å². The molecule has 5 nitrogen and oxygen atoms in total. The minimum Gasteiger partial charge on any atom is -0.496 e. The van der Waals surface area contributed by atoms with E-state index in [0.29, 0.717) is 11.3 Å². The molecule has 132 valence electrons. The average molecular weight is 349 g/mol. The quantitative estimate of drug-likeness (QED) is 0.814. The lowest BCUT2D eigenvalue weighted by molar-refractivity contribution is -0.152. The molecule has 0 aliphatic heterocycles. The van der Waals surface area contributed by atoms with Crippen LogP contribution in [0, 0.1) is 11.6 Å². The van der Waals surface area contributed by atoms with Gasteiger partial charge in [0.05, 0.1) is 13.5 Å². The number of hydrogen-bond donors (Lipinski definition) is 1. The Kier molecular flexibility index (Phi) is 6.05. The van der Waals surface area contributed by atoms with Crippen LogP contribution in [0.1, 0.15) is 12.5 Å². The fraction of sp³-hybridized carbons (Fsp3) is 0.222. The molecule has 0 heterocycles. The molecule has 0 aromatic heterocycles. The van der Waals surface area contributed by atoms with E-state index in [-0.39, 0.29) is 6.42 Å². The van der Waals surface area contributed by atoms with Crippen molar-refractivity contribution in [1.82, 2.24) is 0 Å². The maximum absolute atomic E-state index is 13.5. The maximum Gasteiger partial charge on any atom is 0.311 e. The number of benzene rings is 2. The van der Waals surface area contributed by atoms with Crippen molar-refractivity contribution in [2.45, 2.75) is 19.4 Å². The zero-order valence-electron chi connectivity index (χ0n) is 13.7. The van der Waals surface area contributed by atoms with Gasteiger partial charge >= 0.3 is 5.97 Å². The summed E-state index contributed by atoms with van der Waals surface area (Å²) in [6, 6.07) is 10.1. The molecule has 25 heavy (non-hydrogen) atoms. The lowest BCUT2D eigenvalue weighted by Gasteiger charge is -2.15. The lowest BCUT2D eigenvalue weighted by atomic mass is 10.1. The van der Waals surface area contributed by atoms with Crippen molar-refractivity contribution in [3.8, 4) is 5.75 Å². The second-order valence-corrected chi connectivity index (χ2v) is 5.21. The highest BCUT2D eigenvalue weighted by molar-refractivity contribution is 5.95. The summed E-state index contributed by atoms with van der Waals surface area (Å²) in [6.45, 7) is 1.31. The van der Waals surface area contributed by atoms with Crippen molar-refractivity contribution in [3.63, 3.8) is 0 Å². The van der Waals surface area contributed by atoms with E-state index >= 15 is 0 Å². The third-order valence-electron chi connectivity index (χ3n) is 3.42. The maximum atomic E-state index is 13.5. The smallest absolute Gasteiger partial charge is 0.311 e. The number of carbonyl (C=O) groups is 2. The van der Waals surface area contributed by atoms with Gasteiger partial charge in [0, 0.05) is 5.56 Å². The predicted octanol–water partition coefficient (Wildman–Crippen LogP) is 3.09. The summed E-state index contributed by atoms with van der Waals surface area (Å²) in [5, 5.41) is 2.08. The largest absolute Gasteiger partial charge is 0.496 e. The van der Waals surface area contributed by atoms with Gasteiger partial charge in [0.1, 0.15) is 23.1 Å². The van der Waals surface area contributed by atoms with Gasteiger partial charge in [0.2, 0.25) is 0 Å². The van der Waals surface area contributed by atoms with E-state index in [9.17, 15) is 18.4 Å². The third-order valence-corrected chi connectivity index (χ3v) is 3.42. The number of carbonyl (C=O) groups excluding carboxylic acids is 2. The number of esters is 1. The number of halogens is 2. The molecular weight excluding hydrogens is 332 g/mol. The minimum atomic E-state index is -1.22. The van der Waals surface area contributed by atoms with Crippen LogP contribution in [0.3, 0.4) is 0 Å². The molecule has 2 aromatic carbocycles. The fourth-order valence-electron chi connectivity index (χ4n) is 2.14. The van der Waals surface area contributed by atoms with Crippen LogP contribution in [0.2, 0.25) is 0 Å². The Morgan fingerprint density at radius 1 is 1.08 bits per heavy atom. The van der Waals surface area contributed by atoms with E-state index in [1.165, 1.54) is 20.1 Å². The summed E-state index contributed by atoms with van der Waals surface area (Å²) in [4.78, 5) is 24.0. The van der Waals surface area contributed by atoms with Crippen LogP contribution in [-0.4, -0.2) is 25.1 Å². The predicted molar refractivity (Wildman–Crippen MR) is 87.2 cm³/mol. The topological polar surface area (TPSA) is 64.6 Å². The SMILES string of the molecule is COc1ccccc1CC(=O)O[C@@H](C)C(=O)Nc1c(F)cccc1F. The van der Waals surface area contributed by atoms with Crippen LogP contribution >= 0.6 is 0 Å². The van der Waals surface area contributed by atoms with Crippen LogP contribution in [0.15, 0.2) is 42.5 Å². The number of amides is 1. The average Bonchev–Trinajstić information content (AvgIpc) is 2.58. The van der Waals surface area contributed by atoms with Gasteiger partial charge in [-0.15, -0.1) is 0 Å². The van der Waals surface area contributed by atoms with E-state index in [1.807, 2.05) is 0 Å². The molecule has 1 atom stereocenters. The van der Waals surface area contributed by atoms with Crippen molar-refractivity contribution in [3.05, 3.63) is 59.7 Å². The standard InChI is InChI=1S/C18H17F2NO4/c1-11(18(23)21-17-13(19)7-5-8-14(17)20)25-16(22)10-12-6-3-4-9-15(12)24-2/h3-9,11H,10H2,1-2H3,(H,21,23)/t11-/m0/s1. The number of nitrogens with one attached hydrogen (secondary N) is 1. The zero-order chi connectivity index (χ0) is 18.4. The molecule has 0 radical (unpaired) electrons. The number of methoxy groups -OCH3 is 1. The Labute approximate surface area is 143 Å². The van der Waals surface area contributed by atoms with Crippen LogP contribution in [0.5, 0.6) is 5.75 Å². The molecule has 0 spiro atoms. The molecule has 0 aliphatic rings. The molecule has 7 heteroatoms. The molecule has 0 bridgehead atoms. The van der Waals surface area contributed by atoms with Crippen molar-refractivity contribution < 1.29 is 27.8 Å². The first-order chi connectivity index (χ1) is 11.9. The zero-order valence-corrected chi connectivity index (χ0v) is 13.7. The van der Waals surface area contributed by atoms with Gasteiger partial charge in [-0.25, -0.2) is 8.78 Å². The van der Waals surface area contributed by atoms with Gasteiger partial charge in [0.15, 0.2) is 6.10 Å². The molecule has 0 saturated carbocycles. The Morgan fingerprint density at radius 3 is 2.36 bits per heavy atom. The van der Waals surface area contributed by atoms with E-state index in [0.717, 1.165) is 12.1 Å². The Balaban J connectivity index is 1.97. The van der Waals surface area contributed by atoms with E-state index in [2.05, 4.69) is 5.32 Å². The first kappa shape index (κ1) is 18.4. The highest BCUT2D eigenvalue weighted by Crippen LogP contribution is 2.20. The van der Waals surface area contributed by atoms with E-state index in [4.69, 9.17) is 9.47 Å². The van der Waals surface area contributed by atoms with Gasteiger partial charge in [-0.2, -0.15) is 0 Å². The molecule has 2 rings (SSSR count). The summed E-state index contributed by atoms with van der Waals surface area (Å²) in [7, 11) is 1.48. The molecule has 1 N–H and O–H groups in total. The van der Waals surface area contributed by atoms with Crippen LogP contribution in [0.25, 0.3) is 0 Å². The number of anilines is 1. The van der Waals surface area contributed by atoms with E-state index in [1.54, 1.807) is 24.3 Å². The summed E-state index contributed by atoms with van der Waals surface area (Å²) in [6.07, 6.45) is -1.32. The summed E-state index contributed by atoms with van der Waals surface area (Å²) in [5.41, 5.74) is 0.0166. The Hall–Kier alpha value is -2.96. The van der Waals surface area contributed by atoms with Gasteiger partial charge in [-0.05, 0) is 25.1 Å². The molecule has 2 aromatic rings. The molecule has 0 fully saturated rings. The van der Waals surface area contributed by atoms with Gasteiger partial charge < -0.3 is 14.8 Å². The lowest BCUT2D eigenvalue weighted by Crippen LogP contribution is -2.31. The molecular formula is C18H17F2NO4. The van der Waals surface area contributed by atoms with Crippen molar-refractivity contribution in [1.29, 1.82) is 0 Å². The number of hydrogen-bond acceptors (Lipinski definition) is 4. The third kappa shape index (κ3) is 4.76. The fourth-order valence-corrected chi connectivity index (χ4v) is 2.14. The number of rotatable bonds is 6. The van der Waals surface area contributed by atoms with Gasteiger partial charge in [0.25, 0.3) is 5.91 Å². The van der Waals surface area contributed by atoms with Crippen LogP contribution < -0.4 is 10.1 Å². The Morgan fingerprint density at radius 2 is 1.72 bits per heavy atom. The minimum absolute atomic E-state index is 0.101. The highest BCUT2D eigenvalue weighted by Gasteiger charge is 2.21. The monoisotopic (exact) mass is 349 g/mol. The second-order valence-electron chi connectivity index (χ2n) is 5.21. The second kappa shape index (κ2) is 8.23. The van der Waals surface area contributed by atoms with Crippen molar-refractivity contribution in [2.24, 2.45) is 0 Å². The number of para-hydroxylation sites is 2. The van der Waals surface area contributed by atoms with Crippen molar-refractivity contribution in [2.75, 3.05) is 12.4 Å². The molecule has 0 aliphatic carbocycles. The Bertz CT molecular complexity index is 759. The normalized spacial score (nSPS) is 11.5. The number of ether oxygens (including phenoxy) is 2. The van der Waals surface area contributed by atoms with Crippen LogP contribution in [-0.2, 0) is 20.7 Å².